The van der Waals surface area contributed by atoms with E-state index in [4.69, 9.17) is 42.6 Å². The summed E-state index contributed by atoms with van der Waals surface area (Å²) in [5.41, 5.74) is -0.130. The van der Waals surface area contributed by atoms with Crippen molar-refractivity contribution in [2.45, 2.75) is 0 Å². The topological polar surface area (TPSA) is 134 Å². The molecule has 0 radical (unpaired) electrons. The first-order chi connectivity index (χ1) is 17.5. The van der Waals surface area contributed by atoms with E-state index in [1.165, 1.54) is 18.2 Å². The van der Waals surface area contributed by atoms with Gasteiger partial charge in [-0.05, 0) is 18.2 Å². The highest BCUT2D eigenvalue weighted by molar-refractivity contribution is 6.05. The molecule has 0 amide bonds. The first kappa shape index (κ1) is 31.4. The van der Waals surface area contributed by atoms with Crippen molar-refractivity contribution in [3.63, 3.8) is 0 Å². The molecule has 1 aromatic carbocycles. The van der Waals surface area contributed by atoms with Gasteiger partial charge in [-0.1, -0.05) is 0 Å². The molecule has 36 heavy (non-hydrogen) atoms. The Hall–Kier alpha value is -2.61. The highest BCUT2D eigenvalue weighted by Gasteiger charge is 2.22. The van der Waals surface area contributed by atoms with Crippen LogP contribution in [0.15, 0.2) is 18.2 Å². The summed E-state index contributed by atoms with van der Waals surface area (Å²) in [4.78, 5) is 37.7. The van der Waals surface area contributed by atoms with Crippen molar-refractivity contribution in [2.75, 3.05) is 101 Å². The largest absolute Gasteiger partial charge is 0.460 e. The summed E-state index contributed by atoms with van der Waals surface area (Å²) < 4.78 is 45.9. The van der Waals surface area contributed by atoms with Gasteiger partial charge in [-0.2, -0.15) is 0 Å². The van der Waals surface area contributed by atoms with Gasteiger partial charge in [0.15, 0.2) is 0 Å². The third kappa shape index (κ3) is 13.5. The lowest BCUT2D eigenvalue weighted by atomic mass is 10.0. The number of methoxy groups -OCH3 is 3. The molecule has 0 N–H and O–H groups in total. The van der Waals surface area contributed by atoms with Gasteiger partial charge in [-0.3, -0.25) is 0 Å². The Morgan fingerprint density at radius 1 is 0.500 bits per heavy atom. The summed E-state index contributed by atoms with van der Waals surface area (Å²) in [6.45, 7) is 2.70. The number of hydrogen-bond donors (Lipinski definition) is 0. The van der Waals surface area contributed by atoms with Gasteiger partial charge in [0.2, 0.25) is 0 Å². The van der Waals surface area contributed by atoms with E-state index in [9.17, 15) is 14.4 Å². The molecular formula is C24H36O12. The van der Waals surface area contributed by atoms with Crippen molar-refractivity contribution in [1.82, 2.24) is 0 Å². The predicted octanol–water partition coefficient (Wildman–Crippen LogP) is 1.15. The van der Waals surface area contributed by atoms with E-state index in [0.29, 0.717) is 39.6 Å². The second kappa shape index (κ2) is 20.6. The number of carbonyl (C=O) groups is 3. The maximum Gasteiger partial charge on any atom is 0.339 e. The highest BCUT2D eigenvalue weighted by Crippen LogP contribution is 2.16. The smallest absolute Gasteiger partial charge is 0.339 e. The third-order valence-electron chi connectivity index (χ3n) is 4.37. The van der Waals surface area contributed by atoms with Crippen LogP contribution in [0.4, 0.5) is 0 Å². The Balaban J connectivity index is 2.78. The van der Waals surface area contributed by atoms with Crippen LogP contribution in [0.3, 0.4) is 0 Å². The van der Waals surface area contributed by atoms with Gasteiger partial charge in [0.25, 0.3) is 0 Å². The maximum atomic E-state index is 12.7. The van der Waals surface area contributed by atoms with Crippen LogP contribution < -0.4 is 0 Å². The van der Waals surface area contributed by atoms with Gasteiger partial charge in [0.1, 0.15) is 19.8 Å². The minimum atomic E-state index is -0.814. The van der Waals surface area contributed by atoms with Crippen molar-refractivity contribution in [1.29, 1.82) is 0 Å². The van der Waals surface area contributed by atoms with Gasteiger partial charge >= 0.3 is 17.9 Å². The fraction of sp³-hybridized carbons (Fsp3) is 0.625. The average Bonchev–Trinajstić information content (AvgIpc) is 2.89. The Morgan fingerprint density at radius 3 is 1.33 bits per heavy atom. The molecule has 12 heteroatoms. The number of rotatable bonds is 21. The molecule has 0 atom stereocenters. The second-order valence-electron chi connectivity index (χ2n) is 6.98. The van der Waals surface area contributed by atoms with Crippen LogP contribution in [0.25, 0.3) is 0 Å². The number of hydrogen-bond acceptors (Lipinski definition) is 12. The summed E-state index contributed by atoms with van der Waals surface area (Å²) in [7, 11) is 4.64. The third-order valence-corrected chi connectivity index (χ3v) is 4.37. The zero-order valence-corrected chi connectivity index (χ0v) is 21.1. The zero-order chi connectivity index (χ0) is 26.4. The summed E-state index contributed by atoms with van der Waals surface area (Å²) in [5.74, 6) is -2.26. The summed E-state index contributed by atoms with van der Waals surface area (Å²) in [6.07, 6.45) is 0. The minimum Gasteiger partial charge on any atom is -0.460 e. The number of ether oxygens (including phenoxy) is 9. The number of carbonyl (C=O) groups excluding carboxylic acids is 3. The SMILES string of the molecule is COCCOCCOC(=O)c1ccc(C(=O)OCCOCCOC)c(C(=O)OCCOCCOC)c1. The molecule has 0 aromatic heterocycles. The zero-order valence-electron chi connectivity index (χ0n) is 21.1. The summed E-state index contributed by atoms with van der Waals surface area (Å²) in [5, 5.41) is 0. The van der Waals surface area contributed by atoms with Crippen LogP contribution in [0.1, 0.15) is 31.1 Å². The normalized spacial score (nSPS) is 10.8. The fourth-order valence-electron chi connectivity index (χ4n) is 2.57. The van der Waals surface area contributed by atoms with Crippen LogP contribution in [0.2, 0.25) is 0 Å². The first-order valence-corrected chi connectivity index (χ1v) is 11.4. The van der Waals surface area contributed by atoms with Crippen molar-refractivity contribution in [3.05, 3.63) is 34.9 Å². The lowest BCUT2D eigenvalue weighted by Gasteiger charge is -2.12. The van der Waals surface area contributed by atoms with Gasteiger partial charge in [0, 0.05) is 21.3 Å². The molecular weight excluding hydrogens is 480 g/mol. The molecule has 1 aromatic rings. The molecule has 0 bridgehead atoms. The lowest BCUT2D eigenvalue weighted by molar-refractivity contribution is 0.0183. The van der Waals surface area contributed by atoms with Gasteiger partial charge < -0.3 is 42.6 Å². The van der Waals surface area contributed by atoms with E-state index in [1.54, 1.807) is 21.3 Å². The molecule has 0 aliphatic heterocycles. The fourth-order valence-corrected chi connectivity index (χ4v) is 2.57. The molecule has 204 valence electrons. The molecule has 0 spiro atoms. The summed E-state index contributed by atoms with van der Waals surface area (Å²) >= 11 is 0. The monoisotopic (exact) mass is 516 g/mol. The minimum absolute atomic E-state index is 0.00794. The van der Waals surface area contributed by atoms with Crippen molar-refractivity contribution < 1.29 is 57.0 Å². The van der Waals surface area contributed by atoms with E-state index >= 15 is 0 Å². The Labute approximate surface area is 211 Å². The molecule has 1 rings (SSSR count). The Kier molecular flexibility index (Phi) is 18.0. The molecule has 0 unspecified atom stereocenters. The van der Waals surface area contributed by atoms with Crippen molar-refractivity contribution in [2.24, 2.45) is 0 Å². The molecule has 0 aliphatic carbocycles. The van der Waals surface area contributed by atoms with Gasteiger partial charge in [0.05, 0.1) is 76.2 Å². The summed E-state index contributed by atoms with van der Waals surface area (Å²) in [6, 6.07) is 3.91. The van der Waals surface area contributed by atoms with E-state index in [2.05, 4.69) is 0 Å². The van der Waals surface area contributed by atoms with Crippen molar-refractivity contribution >= 4 is 17.9 Å². The molecule has 0 aliphatic rings. The van der Waals surface area contributed by atoms with E-state index < -0.39 is 17.9 Å². The van der Waals surface area contributed by atoms with Crippen LogP contribution in [0.5, 0.6) is 0 Å². The maximum absolute atomic E-state index is 12.7. The lowest BCUT2D eigenvalue weighted by Crippen LogP contribution is -2.19. The molecule has 0 saturated carbocycles. The molecule has 0 heterocycles. The standard InChI is InChI=1S/C24H36O12/c1-28-6-9-31-12-15-34-22(25)19-4-5-20(23(26)35-16-13-32-10-7-29-2)21(18-19)24(27)36-17-14-33-11-8-30-3/h4-5,18H,6-17H2,1-3H3. The van der Waals surface area contributed by atoms with Crippen LogP contribution in [-0.2, 0) is 42.6 Å². The van der Waals surface area contributed by atoms with E-state index in [1.807, 2.05) is 0 Å². The van der Waals surface area contributed by atoms with E-state index in [0.717, 1.165) is 0 Å². The van der Waals surface area contributed by atoms with Gasteiger partial charge in [-0.15, -0.1) is 0 Å². The van der Waals surface area contributed by atoms with Crippen LogP contribution in [-0.4, -0.2) is 119 Å². The average molecular weight is 517 g/mol. The highest BCUT2D eigenvalue weighted by atomic mass is 16.6. The molecule has 0 saturated heterocycles. The quantitative estimate of drug-likeness (QED) is 0.132. The number of esters is 3. The van der Waals surface area contributed by atoms with E-state index in [-0.39, 0.29) is 56.3 Å². The first-order valence-electron chi connectivity index (χ1n) is 11.4. The Bertz CT molecular complexity index is 767. The second-order valence-corrected chi connectivity index (χ2v) is 6.98. The molecule has 12 nitrogen and oxygen atoms in total. The number of benzene rings is 1. The Morgan fingerprint density at radius 2 is 0.889 bits per heavy atom. The predicted molar refractivity (Wildman–Crippen MR) is 125 cm³/mol. The van der Waals surface area contributed by atoms with Crippen LogP contribution in [0, 0.1) is 0 Å². The molecule has 0 fully saturated rings. The van der Waals surface area contributed by atoms with Gasteiger partial charge in [-0.25, -0.2) is 14.4 Å². The van der Waals surface area contributed by atoms with Crippen molar-refractivity contribution in [3.8, 4) is 0 Å². The van der Waals surface area contributed by atoms with Crippen LogP contribution >= 0.6 is 0 Å².